The third-order valence-electron chi connectivity index (χ3n) is 4.07. The van der Waals surface area contributed by atoms with Gasteiger partial charge in [-0.25, -0.2) is 9.36 Å². The summed E-state index contributed by atoms with van der Waals surface area (Å²) in [5.41, 5.74) is 6.07. The molecule has 0 saturated carbocycles. The van der Waals surface area contributed by atoms with E-state index in [1.165, 1.54) is 30.3 Å². The molecule has 26 heavy (non-hydrogen) atoms. The normalized spacial score (nSPS) is 12.1. The molecule has 0 aliphatic heterocycles. The van der Waals surface area contributed by atoms with Gasteiger partial charge in [0.1, 0.15) is 6.04 Å². The first-order valence-corrected chi connectivity index (χ1v) is 7.78. The van der Waals surface area contributed by atoms with E-state index in [1.807, 2.05) is 0 Å². The van der Waals surface area contributed by atoms with Gasteiger partial charge in [-0.1, -0.05) is 0 Å². The van der Waals surface area contributed by atoms with Gasteiger partial charge in [0.15, 0.2) is 0 Å². The van der Waals surface area contributed by atoms with Gasteiger partial charge in [0, 0.05) is 25.4 Å². The summed E-state index contributed by atoms with van der Waals surface area (Å²) >= 11 is 0. The average molecular weight is 355 g/mol. The van der Waals surface area contributed by atoms with E-state index < -0.39 is 23.3 Å². The molecule has 9 heteroatoms. The highest BCUT2D eigenvalue weighted by Gasteiger charge is 2.16. The van der Waals surface area contributed by atoms with Gasteiger partial charge in [0.2, 0.25) is 0 Å². The number of methoxy groups -OCH3 is 1. The van der Waals surface area contributed by atoms with E-state index in [4.69, 9.17) is 5.73 Å². The van der Waals surface area contributed by atoms with E-state index in [0.29, 0.717) is 22.3 Å². The minimum absolute atomic E-state index is 0.184. The Morgan fingerprint density at radius 3 is 2.69 bits per heavy atom. The highest BCUT2D eigenvalue weighted by molar-refractivity contribution is 5.77. The van der Waals surface area contributed by atoms with E-state index in [1.54, 1.807) is 25.2 Å². The Morgan fingerprint density at radius 1 is 1.27 bits per heavy atom. The van der Waals surface area contributed by atoms with E-state index in [2.05, 4.69) is 14.7 Å². The van der Waals surface area contributed by atoms with Crippen LogP contribution in [0.25, 0.3) is 16.6 Å². The summed E-state index contributed by atoms with van der Waals surface area (Å²) in [5, 5.41) is 0.374. The first-order valence-electron chi connectivity index (χ1n) is 7.78. The third kappa shape index (κ3) is 3.00. The molecule has 0 aliphatic carbocycles. The molecule has 3 rings (SSSR count). The molecular weight excluding hydrogens is 338 g/mol. The summed E-state index contributed by atoms with van der Waals surface area (Å²) in [6.07, 6.45) is 4.55. The van der Waals surface area contributed by atoms with E-state index in [-0.39, 0.29) is 6.42 Å². The number of nitrogens with two attached hydrogens (primary N) is 1. The van der Waals surface area contributed by atoms with E-state index in [9.17, 15) is 14.4 Å². The maximum atomic E-state index is 12.7. The van der Waals surface area contributed by atoms with Crippen molar-refractivity contribution in [2.75, 3.05) is 7.11 Å². The molecule has 2 N–H and O–H groups in total. The van der Waals surface area contributed by atoms with Gasteiger partial charge >= 0.3 is 11.7 Å². The van der Waals surface area contributed by atoms with Crippen LogP contribution in [0.2, 0.25) is 0 Å². The number of ether oxygens (including phenoxy) is 1. The summed E-state index contributed by atoms with van der Waals surface area (Å²) < 4.78 is 6.97. The lowest BCUT2D eigenvalue weighted by Gasteiger charge is -2.11. The number of aromatic nitrogens is 4. The molecule has 3 heterocycles. The number of hydrogen-bond donors (Lipinski definition) is 1. The van der Waals surface area contributed by atoms with E-state index >= 15 is 0 Å². The van der Waals surface area contributed by atoms with Crippen molar-refractivity contribution < 1.29 is 9.53 Å². The van der Waals surface area contributed by atoms with E-state index in [0.717, 1.165) is 4.57 Å². The number of nitrogens with zero attached hydrogens (tertiary/aromatic N) is 4. The molecule has 0 aromatic carbocycles. The lowest BCUT2D eigenvalue weighted by Crippen LogP contribution is -2.38. The summed E-state index contributed by atoms with van der Waals surface area (Å²) in [6.45, 7) is 0. The second kappa shape index (κ2) is 6.89. The number of rotatable bonds is 4. The summed E-state index contributed by atoms with van der Waals surface area (Å²) in [7, 11) is 2.83. The molecule has 9 nitrogen and oxygen atoms in total. The number of esters is 1. The monoisotopic (exact) mass is 355 g/mol. The zero-order valence-electron chi connectivity index (χ0n) is 14.2. The van der Waals surface area contributed by atoms with Crippen molar-refractivity contribution >= 4 is 16.9 Å². The Labute approximate surface area is 147 Å². The van der Waals surface area contributed by atoms with Crippen molar-refractivity contribution in [2.45, 2.75) is 12.5 Å². The molecule has 0 spiro atoms. The second-order valence-electron chi connectivity index (χ2n) is 5.72. The van der Waals surface area contributed by atoms with Crippen LogP contribution in [0.15, 0.2) is 46.4 Å². The third-order valence-corrected chi connectivity index (χ3v) is 4.07. The zero-order chi connectivity index (χ0) is 18.8. The van der Waals surface area contributed by atoms with Crippen LogP contribution in [0.3, 0.4) is 0 Å². The van der Waals surface area contributed by atoms with Crippen molar-refractivity contribution in [1.29, 1.82) is 0 Å². The Morgan fingerprint density at radius 2 is 2.04 bits per heavy atom. The molecule has 0 unspecified atom stereocenters. The Hall–Kier alpha value is -3.33. The van der Waals surface area contributed by atoms with Crippen LogP contribution in [-0.2, 0) is 23.0 Å². The maximum absolute atomic E-state index is 12.7. The summed E-state index contributed by atoms with van der Waals surface area (Å²) in [5.74, 6) is -0.538. The Bertz CT molecular complexity index is 1080. The molecule has 0 amide bonds. The fourth-order valence-corrected chi connectivity index (χ4v) is 2.65. The van der Waals surface area contributed by atoms with Crippen molar-refractivity contribution in [2.24, 2.45) is 12.8 Å². The smallest absolute Gasteiger partial charge is 0.335 e. The molecular formula is C17H17N5O4. The quantitative estimate of drug-likeness (QED) is 0.627. The lowest BCUT2D eigenvalue weighted by molar-refractivity contribution is -0.142. The van der Waals surface area contributed by atoms with Gasteiger partial charge in [0.05, 0.1) is 36.1 Å². The predicted octanol–water partition coefficient (Wildman–Crippen LogP) is -0.478. The standard InChI is InChI=1S/C17H17N5O4/c1-21-14-9-19-6-5-12(14)15(23)22(17(21)25)11-4-3-10(20-8-11)7-13(18)16(24)26-2/h3-6,8-9,13H,7,18H2,1-2H3/t13-/m0/s1. The molecule has 0 bridgehead atoms. The minimum Gasteiger partial charge on any atom is -0.468 e. The summed E-state index contributed by atoms with van der Waals surface area (Å²) in [4.78, 5) is 44.8. The molecule has 1 atom stereocenters. The van der Waals surface area contributed by atoms with Gasteiger partial charge < -0.3 is 10.5 Å². The molecule has 134 valence electrons. The zero-order valence-corrected chi connectivity index (χ0v) is 14.2. The number of aryl methyl sites for hydroxylation is 1. The van der Waals surface area contributed by atoms with Crippen molar-refractivity contribution in [3.63, 3.8) is 0 Å². The maximum Gasteiger partial charge on any atom is 0.335 e. The van der Waals surface area contributed by atoms with Crippen LogP contribution in [0.5, 0.6) is 0 Å². The van der Waals surface area contributed by atoms with Crippen molar-refractivity contribution in [3.8, 4) is 5.69 Å². The van der Waals surface area contributed by atoms with Crippen molar-refractivity contribution in [1.82, 2.24) is 19.1 Å². The van der Waals surface area contributed by atoms with Gasteiger partial charge in [0.25, 0.3) is 5.56 Å². The Kier molecular flexibility index (Phi) is 4.63. The molecule has 0 fully saturated rings. The Balaban J connectivity index is 2.04. The number of fused-ring (bicyclic) bond motifs is 1. The van der Waals surface area contributed by atoms with Crippen LogP contribution >= 0.6 is 0 Å². The van der Waals surface area contributed by atoms with Crippen LogP contribution in [0.1, 0.15) is 5.69 Å². The number of carbonyl (C=O) groups is 1. The van der Waals surface area contributed by atoms with Crippen LogP contribution in [0, 0.1) is 0 Å². The highest BCUT2D eigenvalue weighted by Crippen LogP contribution is 2.08. The van der Waals surface area contributed by atoms with Crippen LogP contribution in [0.4, 0.5) is 0 Å². The van der Waals surface area contributed by atoms with Crippen LogP contribution in [-0.4, -0.2) is 38.2 Å². The molecule has 3 aromatic heterocycles. The first-order chi connectivity index (χ1) is 12.4. The minimum atomic E-state index is -0.831. The SMILES string of the molecule is COC(=O)[C@@H](N)Cc1ccc(-n2c(=O)c3ccncc3n(C)c2=O)cn1. The number of hydrogen-bond acceptors (Lipinski definition) is 7. The first kappa shape index (κ1) is 17.5. The average Bonchev–Trinajstić information content (AvgIpc) is 2.67. The largest absolute Gasteiger partial charge is 0.468 e. The molecule has 0 radical (unpaired) electrons. The molecule has 0 saturated heterocycles. The van der Waals surface area contributed by atoms with Gasteiger partial charge in [-0.3, -0.25) is 24.1 Å². The topological polar surface area (TPSA) is 122 Å². The lowest BCUT2D eigenvalue weighted by atomic mass is 10.1. The fourth-order valence-electron chi connectivity index (χ4n) is 2.65. The predicted molar refractivity (Wildman–Crippen MR) is 94.1 cm³/mol. The van der Waals surface area contributed by atoms with Crippen LogP contribution < -0.4 is 17.0 Å². The second-order valence-corrected chi connectivity index (χ2v) is 5.72. The summed E-state index contributed by atoms with van der Waals surface area (Å²) in [6, 6.07) is 3.93. The molecule has 0 aliphatic rings. The van der Waals surface area contributed by atoms with Gasteiger partial charge in [-0.05, 0) is 18.2 Å². The van der Waals surface area contributed by atoms with Gasteiger partial charge in [-0.2, -0.15) is 0 Å². The van der Waals surface area contributed by atoms with Crippen molar-refractivity contribution in [3.05, 3.63) is 63.3 Å². The number of carbonyl (C=O) groups excluding carboxylic acids is 1. The fraction of sp³-hybridized carbons (Fsp3) is 0.235. The van der Waals surface area contributed by atoms with Gasteiger partial charge in [-0.15, -0.1) is 0 Å². The molecule has 3 aromatic rings. The number of pyridine rings is 2. The highest BCUT2D eigenvalue weighted by atomic mass is 16.5.